The summed E-state index contributed by atoms with van der Waals surface area (Å²) >= 11 is 0. The van der Waals surface area contributed by atoms with Crippen LogP contribution in [-0.2, 0) is 19.1 Å². The first-order valence-corrected chi connectivity index (χ1v) is 19.0. The highest BCUT2D eigenvalue weighted by atomic mass is 16.6. The van der Waals surface area contributed by atoms with Gasteiger partial charge in [0.25, 0.3) is 0 Å². The van der Waals surface area contributed by atoms with Crippen LogP contribution < -0.4 is 0 Å². The lowest BCUT2D eigenvalue weighted by Gasteiger charge is -2.26. The van der Waals surface area contributed by atoms with E-state index in [-0.39, 0.29) is 24.1 Å². The molecule has 0 aromatic heterocycles. The summed E-state index contributed by atoms with van der Waals surface area (Å²) in [6.45, 7) is 8.81. The van der Waals surface area contributed by atoms with E-state index >= 15 is 0 Å². The van der Waals surface area contributed by atoms with Crippen molar-refractivity contribution in [2.24, 2.45) is 0 Å². The molecular formula is C38H74O4. The molecular weight excluding hydrogens is 520 g/mol. The van der Waals surface area contributed by atoms with Gasteiger partial charge in [0.15, 0.2) is 0 Å². The van der Waals surface area contributed by atoms with E-state index in [0.29, 0.717) is 19.3 Å². The van der Waals surface area contributed by atoms with Gasteiger partial charge < -0.3 is 9.47 Å². The van der Waals surface area contributed by atoms with Crippen LogP contribution in [0.1, 0.15) is 220 Å². The molecule has 2 atom stereocenters. The normalized spacial score (nSPS) is 12.8. The van der Waals surface area contributed by atoms with Gasteiger partial charge in [0.2, 0.25) is 0 Å². The smallest absolute Gasteiger partial charge is 0.306 e. The molecule has 0 aromatic carbocycles. The molecule has 0 spiro atoms. The maximum atomic E-state index is 12.8. The summed E-state index contributed by atoms with van der Waals surface area (Å²) in [5.41, 5.74) is 0. The molecule has 42 heavy (non-hydrogen) atoms. The Balaban J connectivity index is 4.50. The zero-order chi connectivity index (χ0) is 30.9. The van der Waals surface area contributed by atoms with Crippen LogP contribution in [0.15, 0.2) is 0 Å². The topological polar surface area (TPSA) is 52.6 Å². The number of ether oxygens (including phenoxy) is 2. The zero-order valence-corrected chi connectivity index (χ0v) is 29.0. The first kappa shape index (κ1) is 40.9. The van der Waals surface area contributed by atoms with Crippen molar-refractivity contribution in [1.29, 1.82) is 0 Å². The average molecular weight is 595 g/mol. The Morgan fingerprint density at radius 3 is 1.00 bits per heavy atom. The molecule has 4 nitrogen and oxygen atoms in total. The number of unbranched alkanes of at least 4 members (excludes halogenated alkanes) is 23. The van der Waals surface area contributed by atoms with Crippen LogP contribution in [0.25, 0.3) is 0 Å². The van der Waals surface area contributed by atoms with Crippen molar-refractivity contribution in [3.63, 3.8) is 0 Å². The summed E-state index contributed by atoms with van der Waals surface area (Å²) in [6.07, 6.45) is 34.0. The highest BCUT2D eigenvalue weighted by Crippen LogP contribution is 2.20. The van der Waals surface area contributed by atoms with E-state index in [1.54, 1.807) is 0 Å². The van der Waals surface area contributed by atoms with Gasteiger partial charge in [-0.15, -0.1) is 0 Å². The predicted molar refractivity (Wildman–Crippen MR) is 181 cm³/mol. The van der Waals surface area contributed by atoms with Gasteiger partial charge in [-0.3, -0.25) is 9.59 Å². The van der Waals surface area contributed by atoms with Gasteiger partial charge in [0.05, 0.1) is 0 Å². The van der Waals surface area contributed by atoms with E-state index in [1.165, 1.54) is 128 Å². The summed E-state index contributed by atoms with van der Waals surface area (Å²) in [5, 5.41) is 0. The van der Waals surface area contributed by atoms with E-state index in [9.17, 15) is 9.59 Å². The SMILES string of the molecule is CCCCCCCCCCCC(=O)OC(CC)C(CCCCCCCCCC)OC(=O)CCCCCCCCCCC. The van der Waals surface area contributed by atoms with Gasteiger partial charge >= 0.3 is 11.9 Å². The number of esters is 2. The van der Waals surface area contributed by atoms with Crippen molar-refractivity contribution in [3.05, 3.63) is 0 Å². The number of rotatable bonds is 33. The zero-order valence-electron chi connectivity index (χ0n) is 29.0. The van der Waals surface area contributed by atoms with Gasteiger partial charge in [-0.2, -0.15) is 0 Å². The lowest BCUT2D eigenvalue weighted by molar-refractivity contribution is -0.169. The number of carbonyl (C=O) groups excluding carboxylic acids is 2. The summed E-state index contributed by atoms with van der Waals surface area (Å²) in [5.74, 6) is -0.239. The molecule has 4 heteroatoms. The average Bonchev–Trinajstić information content (AvgIpc) is 2.99. The summed E-state index contributed by atoms with van der Waals surface area (Å²) < 4.78 is 12.0. The van der Waals surface area contributed by atoms with Crippen LogP contribution in [0.3, 0.4) is 0 Å². The van der Waals surface area contributed by atoms with Gasteiger partial charge in [-0.05, 0) is 32.1 Å². The quantitative estimate of drug-likeness (QED) is 0.0560. The second-order valence-electron chi connectivity index (χ2n) is 12.9. The molecule has 0 saturated heterocycles. The Kier molecular flexibility index (Phi) is 32.0. The highest BCUT2D eigenvalue weighted by Gasteiger charge is 2.27. The number of hydrogen-bond donors (Lipinski definition) is 0. The summed E-state index contributed by atoms with van der Waals surface area (Å²) in [6, 6.07) is 0. The van der Waals surface area contributed by atoms with Crippen molar-refractivity contribution in [3.8, 4) is 0 Å². The minimum atomic E-state index is -0.326. The third-order valence-corrected chi connectivity index (χ3v) is 8.69. The number of hydrogen-bond acceptors (Lipinski definition) is 4. The third-order valence-electron chi connectivity index (χ3n) is 8.69. The third kappa shape index (κ3) is 27.8. The van der Waals surface area contributed by atoms with Crippen molar-refractivity contribution < 1.29 is 19.1 Å². The molecule has 0 saturated carbocycles. The lowest BCUT2D eigenvalue weighted by Crippen LogP contribution is -2.35. The summed E-state index contributed by atoms with van der Waals surface area (Å²) in [7, 11) is 0. The first-order chi connectivity index (χ1) is 20.6. The van der Waals surface area contributed by atoms with E-state index in [4.69, 9.17) is 9.47 Å². The van der Waals surface area contributed by atoms with Crippen LogP contribution >= 0.6 is 0 Å². The molecule has 0 aromatic rings. The predicted octanol–water partition coefficient (Wildman–Crippen LogP) is 12.6. The van der Waals surface area contributed by atoms with Crippen molar-refractivity contribution in [2.45, 2.75) is 233 Å². The molecule has 0 fully saturated rings. The van der Waals surface area contributed by atoms with Gasteiger partial charge in [-0.1, -0.05) is 175 Å². The van der Waals surface area contributed by atoms with E-state index in [1.807, 2.05) is 6.92 Å². The lowest BCUT2D eigenvalue weighted by atomic mass is 10.0. The first-order valence-electron chi connectivity index (χ1n) is 19.0. The van der Waals surface area contributed by atoms with E-state index in [2.05, 4.69) is 20.8 Å². The largest absolute Gasteiger partial charge is 0.458 e. The second kappa shape index (κ2) is 32.8. The minimum Gasteiger partial charge on any atom is -0.458 e. The maximum Gasteiger partial charge on any atom is 0.306 e. The fraction of sp³-hybridized carbons (Fsp3) is 0.947. The van der Waals surface area contributed by atoms with Crippen LogP contribution in [0.4, 0.5) is 0 Å². The molecule has 0 rings (SSSR count). The molecule has 0 bridgehead atoms. The fourth-order valence-electron chi connectivity index (χ4n) is 5.84. The van der Waals surface area contributed by atoms with Crippen LogP contribution in [0.5, 0.6) is 0 Å². The maximum absolute atomic E-state index is 12.8. The molecule has 0 radical (unpaired) electrons. The standard InChI is InChI=1S/C38H74O4/c1-5-9-12-15-18-21-24-27-30-33-37(39)41-35(8-4)36(32-29-26-23-20-17-14-11-7-3)42-38(40)34-31-28-25-22-19-16-13-10-6-2/h35-36H,5-34H2,1-4H3. The Morgan fingerprint density at radius 2 is 0.667 bits per heavy atom. The van der Waals surface area contributed by atoms with Crippen molar-refractivity contribution in [2.75, 3.05) is 0 Å². The number of carbonyl (C=O) groups is 2. The Labute approximate surface area is 263 Å². The molecule has 250 valence electrons. The molecule has 0 aliphatic heterocycles. The Hall–Kier alpha value is -1.06. The second-order valence-corrected chi connectivity index (χ2v) is 12.9. The molecule has 0 amide bonds. The minimum absolute atomic E-state index is 0.115. The molecule has 0 aliphatic carbocycles. The van der Waals surface area contributed by atoms with Crippen molar-refractivity contribution in [1.82, 2.24) is 0 Å². The van der Waals surface area contributed by atoms with E-state index < -0.39 is 0 Å². The Morgan fingerprint density at radius 1 is 0.381 bits per heavy atom. The van der Waals surface area contributed by atoms with Crippen LogP contribution in [0.2, 0.25) is 0 Å². The molecule has 0 N–H and O–H groups in total. The monoisotopic (exact) mass is 595 g/mol. The van der Waals surface area contributed by atoms with Crippen LogP contribution in [0, 0.1) is 0 Å². The highest BCUT2D eigenvalue weighted by molar-refractivity contribution is 5.70. The molecule has 0 heterocycles. The Bertz CT molecular complexity index is 575. The van der Waals surface area contributed by atoms with Gasteiger partial charge in [0, 0.05) is 12.8 Å². The van der Waals surface area contributed by atoms with Gasteiger partial charge in [-0.25, -0.2) is 0 Å². The van der Waals surface area contributed by atoms with Crippen LogP contribution in [-0.4, -0.2) is 24.1 Å². The molecule has 2 unspecified atom stereocenters. The van der Waals surface area contributed by atoms with Gasteiger partial charge in [0.1, 0.15) is 12.2 Å². The van der Waals surface area contributed by atoms with E-state index in [0.717, 1.165) is 44.9 Å². The molecule has 0 aliphatic rings. The summed E-state index contributed by atoms with van der Waals surface area (Å²) in [4.78, 5) is 25.5. The van der Waals surface area contributed by atoms with Crippen molar-refractivity contribution >= 4 is 11.9 Å². The fourth-order valence-corrected chi connectivity index (χ4v) is 5.84.